The second-order valence-corrected chi connectivity index (χ2v) is 11.8. The van der Waals surface area contributed by atoms with Crippen LogP contribution in [0, 0.1) is 0 Å². The summed E-state index contributed by atoms with van der Waals surface area (Å²) in [5.74, 6) is 1.39. The second-order valence-electron chi connectivity index (χ2n) is 9.89. The first-order valence-electron chi connectivity index (χ1n) is 13.3. The van der Waals surface area contributed by atoms with Crippen molar-refractivity contribution in [3.8, 4) is 11.5 Å². The Morgan fingerprint density at radius 2 is 1.70 bits per heavy atom. The number of methoxy groups -OCH3 is 2. The lowest BCUT2D eigenvalue weighted by atomic mass is 10.1. The van der Waals surface area contributed by atoms with Crippen LogP contribution in [0.25, 0.3) is 10.9 Å². The van der Waals surface area contributed by atoms with Crippen molar-refractivity contribution in [2.75, 3.05) is 40.4 Å². The molecule has 1 aliphatic heterocycles. The lowest BCUT2D eigenvalue weighted by Gasteiger charge is -2.23. The number of para-hydroxylation sites is 1. The standard InChI is InChI=1S/C31H33N3O5S/c1-38-27-13-14-28(39-2)26(20-27)21-33-16-5-17-34(19-18-33)31(35)25-11-9-23(10-12-25)22-40(36,37)29-8-3-6-24-7-4-15-32-30(24)29/h3-4,6-15,20H,5,16-19,21-22H2,1-2H3. The van der Waals surface area contributed by atoms with E-state index >= 15 is 0 Å². The van der Waals surface area contributed by atoms with Gasteiger partial charge in [-0.25, -0.2) is 8.42 Å². The van der Waals surface area contributed by atoms with Gasteiger partial charge in [0, 0.05) is 55.4 Å². The molecule has 208 valence electrons. The molecule has 2 heterocycles. The number of ether oxygens (including phenoxy) is 2. The van der Waals surface area contributed by atoms with Crippen molar-refractivity contribution in [1.29, 1.82) is 0 Å². The lowest BCUT2D eigenvalue weighted by Crippen LogP contribution is -2.35. The molecule has 40 heavy (non-hydrogen) atoms. The summed E-state index contributed by atoms with van der Waals surface area (Å²) in [6, 6.07) is 21.5. The van der Waals surface area contributed by atoms with Crippen LogP contribution in [-0.2, 0) is 22.1 Å². The maximum absolute atomic E-state index is 13.3. The molecule has 1 aliphatic rings. The van der Waals surface area contributed by atoms with E-state index in [-0.39, 0.29) is 16.6 Å². The van der Waals surface area contributed by atoms with E-state index in [1.165, 1.54) is 0 Å². The zero-order chi connectivity index (χ0) is 28.1. The Morgan fingerprint density at radius 1 is 0.900 bits per heavy atom. The molecule has 0 spiro atoms. The smallest absolute Gasteiger partial charge is 0.253 e. The van der Waals surface area contributed by atoms with Crippen LogP contribution in [-0.4, -0.2) is 69.5 Å². The molecule has 0 saturated carbocycles. The number of amides is 1. The lowest BCUT2D eigenvalue weighted by molar-refractivity contribution is 0.0761. The fraction of sp³-hybridized carbons (Fsp3) is 0.290. The third kappa shape index (κ3) is 6.11. The van der Waals surface area contributed by atoms with Gasteiger partial charge in [0.15, 0.2) is 9.84 Å². The molecule has 0 atom stereocenters. The number of hydrogen-bond donors (Lipinski definition) is 0. The number of sulfone groups is 1. The van der Waals surface area contributed by atoms with Crippen molar-refractivity contribution in [2.24, 2.45) is 0 Å². The van der Waals surface area contributed by atoms with E-state index in [1.807, 2.05) is 35.2 Å². The van der Waals surface area contributed by atoms with Crippen molar-refractivity contribution < 1.29 is 22.7 Å². The SMILES string of the molecule is COc1ccc(OC)c(CN2CCCN(C(=O)c3ccc(CS(=O)(=O)c4cccc5cccnc45)cc3)CC2)c1. The first-order chi connectivity index (χ1) is 19.4. The third-order valence-electron chi connectivity index (χ3n) is 7.25. The van der Waals surface area contributed by atoms with E-state index in [4.69, 9.17) is 9.47 Å². The Hall–Kier alpha value is -3.95. The van der Waals surface area contributed by atoms with Gasteiger partial charge in [0.1, 0.15) is 11.5 Å². The summed E-state index contributed by atoms with van der Waals surface area (Å²) in [4.78, 5) is 22.0. The van der Waals surface area contributed by atoms with Gasteiger partial charge in [-0.3, -0.25) is 14.7 Å². The van der Waals surface area contributed by atoms with E-state index in [0.717, 1.165) is 42.0 Å². The topological polar surface area (TPSA) is 89.0 Å². The molecular formula is C31H33N3O5S. The predicted octanol–water partition coefficient (Wildman–Crippen LogP) is 4.57. The molecule has 3 aromatic carbocycles. The average Bonchev–Trinajstić information content (AvgIpc) is 3.22. The van der Waals surface area contributed by atoms with Crippen molar-refractivity contribution in [3.63, 3.8) is 0 Å². The maximum atomic E-state index is 13.3. The summed E-state index contributed by atoms with van der Waals surface area (Å²) in [5.41, 5.74) is 2.69. The highest BCUT2D eigenvalue weighted by Crippen LogP contribution is 2.27. The van der Waals surface area contributed by atoms with Crippen LogP contribution in [0.5, 0.6) is 11.5 Å². The summed E-state index contributed by atoms with van der Waals surface area (Å²) in [6.07, 6.45) is 2.45. The van der Waals surface area contributed by atoms with E-state index in [9.17, 15) is 13.2 Å². The second kappa shape index (κ2) is 12.1. The van der Waals surface area contributed by atoms with Crippen LogP contribution in [0.1, 0.15) is 27.9 Å². The molecule has 9 heteroatoms. The van der Waals surface area contributed by atoms with Crippen LogP contribution in [0.15, 0.2) is 83.9 Å². The number of nitrogens with zero attached hydrogens (tertiary/aromatic N) is 3. The minimum Gasteiger partial charge on any atom is -0.497 e. The van der Waals surface area contributed by atoms with Gasteiger partial charge in [-0.05, 0) is 54.4 Å². The first-order valence-corrected chi connectivity index (χ1v) is 14.9. The van der Waals surface area contributed by atoms with Gasteiger partial charge in [-0.1, -0.05) is 30.3 Å². The summed E-state index contributed by atoms with van der Waals surface area (Å²) < 4.78 is 37.4. The number of aromatic nitrogens is 1. The summed E-state index contributed by atoms with van der Waals surface area (Å²) in [5, 5.41) is 0.781. The molecule has 1 aromatic heterocycles. The van der Waals surface area contributed by atoms with Gasteiger partial charge in [0.05, 0.1) is 30.4 Å². The average molecular weight is 560 g/mol. The van der Waals surface area contributed by atoms with E-state index < -0.39 is 9.84 Å². The molecule has 1 saturated heterocycles. The Kier molecular flexibility index (Phi) is 8.32. The molecule has 8 nitrogen and oxygen atoms in total. The van der Waals surface area contributed by atoms with Crippen molar-refractivity contribution >= 4 is 26.6 Å². The largest absolute Gasteiger partial charge is 0.497 e. The summed E-state index contributed by atoms with van der Waals surface area (Å²) in [7, 11) is -0.310. The van der Waals surface area contributed by atoms with Gasteiger partial charge in [0.2, 0.25) is 0 Å². The minimum absolute atomic E-state index is 0.0477. The van der Waals surface area contributed by atoms with Crippen molar-refractivity contribution in [1.82, 2.24) is 14.8 Å². The first kappa shape index (κ1) is 27.6. The van der Waals surface area contributed by atoms with E-state index in [1.54, 1.807) is 62.9 Å². The Bertz CT molecular complexity index is 1600. The predicted molar refractivity (Wildman–Crippen MR) is 154 cm³/mol. The number of rotatable bonds is 8. The molecule has 0 unspecified atom stereocenters. The molecule has 4 aromatic rings. The Balaban J connectivity index is 1.23. The maximum Gasteiger partial charge on any atom is 0.253 e. The van der Waals surface area contributed by atoms with Crippen LogP contribution in [0.2, 0.25) is 0 Å². The fourth-order valence-electron chi connectivity index (χ4n) is 5.13. The monoisotopic (exact) mass is 559 g/mol. The van der Waals surface area contributed by atoms with Gasteiger partial charge >= 0.3 is 0 Å². The Morgan fingerprint density at radius 3 is 2.48 bits per heavy atom. The van der Waals surface area contributed by atoms with Crippen molar-refractivity contribution in [2.45, 2.75) is 23.6 Å². The normalized spacial score (nSPS) is 14.6. The third-order valence-corrected chi connectivity index (χ3v) is 8.96. The number of carbonyl (C=O) groups excluding carboxylic acids is 1. The molecule has 5 rings (SSSR count). The Labute approximate surface area is 235 Å². The molecule has 0 N–H and O–H groups in total. The number of benzene rings is 3. The number of fused-ring (bicyclic) bond motifs is 1. The minimum atomic E-state index is -3.62. The van der Waals surface area contributed by atoms with Gasteiger partial charge < -0.3 is 14.4 Å². The van der Waals surface area contributed by atoms with Gasteiger partial charge in [-0.2, -0.15) is 0 Å². The highest BCUT2D eigenvalue weighted by molar-refractivity contribution is 7.90. The van der Waals surface area contributed by atoms with Crippen molar-refractivity contribution in [3.05, 3.63) is 95.7 Å². The fourth-order valence-corrected chi connectivity index (χ4v) is 6.67. The zero-order valence-electron chi connectivity index (χ0n) is 22.7. The molecule has 1 amide bonds. The zero-order valence-corrected chi connectivity index (χ0v) is 23.6. The van der Waals surface area contributed by atoms with Gasteiger partial charge in [-0.15, -0.1) is 0 Å². The highest BCUT2D eigenvalue weighted by Gasteiger charge is 2.23. The van der Waals surface area contributed by atoms with Crippen LogP contribution in [0.3, 0.4) is 0 Å². The summed E-state index contributed by atoms with van der Waals surface area (Å²) >= 11 is 0. The highest BCUT2D eigenvalue weighted by atomic mass is 32.2. The number of carbonyl (C=O) groups is 1. The molecule has 0 bridgehead atoms. The molecular weight excluding hydrogens is 526 g/mol. The van der Waals surface area contributed by atoms with Gasteiger partial charge in [0.25, 0.3) is 5.91 Å². The molecule has 0 radical (unpaired) electrons. The summed E-state index contributed by atoms with van der Waals surface area (Å²) in [6.45, 7) is 3.58. The van der Waals surface area contributed by atoms with E-state index in [0.29, 0.717) is 36.3 Å². The number of hydrogen-bond acceptors (Lipinski definition) is 7. The molecule has 0 aliphatic carbocycles. The quantitative estimate of drug-likeness (QED) is 0.312. The van der Waals surface area contributed by atoms with Crippen LogP contribution >= 0.6 is 0 Å². The molecule has 1 fully saturated rings. The van der Waals surface area contributed by atoms with E-state index in [2.05, 4.69) is 9.88 Å². The van der Waals surface area contributed by atoms with Crippen LogP contribution in [0.4, 0.5) is 0 Å². The van der Waals surface area contributed by atoms with Crippen LogP contribution < -0.4 is 9.47 Å². The number of pyridine rings is 1.